The summed E-state index contributed by atoms with van der Waals surface area (Å²) in [5, 5.41) is 7.89. The summed E-state index contributed by atoms with van der Waals surface area (Å²) in [5.41, 5.74) is 3.76. The maximum atomic E-state index is 13.6. The molecule has 0 saturated carbocycles. The van der Waals surface area contributed by atoms with E-state index in [0.717, 1.165) is 34.1 Å². The SMILES string of the molecule is CCc1nc(-c2ccc(F)c(F)c2)c(-c2ccc3[nH]ncc3c2)[nH]1. The van der Waals surface area contributed by atoms with Gasteiger partial charge >= 0.3 is 0 Å². The van der Waals surface area contributed by atoms with Gasteiger partial charge in [0.25, 0.3) is 0 Å². The first kappa shape index (κ1) is 14.6. The molecule has 2 N–H and O–H groups in total. The van der Waals surface area contributed by atoms with Gasteiger partial charge in [-0.25, -0.2) is 13.8 Å². The van der Waals surface area contributed by atoms with Crippen molar-refractivity contribution in [2.75, 3.05) is 0 Å². The topological polar surface area (TPSA) is 57.4 Å². The summed E-state index contributed by atoms with van der Waals surface area (Å²) in [6, 6.07) is 9.68. The van der Waals surface area contributed by atoms with Gasteiger partial charge in [-0.2, -0.15) is 5.10 Å². The molecule has 4 nitrogen and oxygen atoms in total. The van der Waals surface area contributed by atoms with Gasteiger partial charge in [-0.15, -0.1) is 0 Å². The van der Waals surface area contributed by atoms with Gasteiger partial charge in [0.2, 0.25) is 0 Å². The van der Waals surface area contributed by atoms with Crippen LogP contribution in [0.15, 0.2) is 42.6 Å². The Balaban J connectivity index is 1.91. The van der Waals surface area contributed by atoms with Crippen LogP contribution in [0.25, 0.3) is 33.4 Å². The highest BCUT2D eigenvalue weighted by Crippen LogP contribution is 2.32. The standard InChI is InChI=1S/C18H14F2N4/c1-2-16-22-17(10-4-6-15-12(7-10)9-21-24-15)18(23-16)11-3-5-13(19)14(20)8-11/h3-9H,2H2,1H3,(H,21,24)(H,22,23). The van der Waals surface area contributed by atoms with Crippen molar-refractivity contribution in [1.82, 2.24) is 20.2 Å². The first-order chi connectivity index (χ1) is 11.7. The number of H-pyrrole nitrogens is 2. The lowest BCUT2D eigenvalue weighted by Crippen LogP contribution is -1.88. The third kappa shape index (κ3) is 2.36. The number of aromatic amines is 2. The quantitative estimate of drug-likeness (QED) is 0.584. The highest BCUT2D eigenvalue weighted by Gasteiger charge is 2.16. The van der Waals surface area contributed by atoms with Crippen molar-refractivity contribution < 1.29 is 8.78 Å². The number of aromatic nitrogens is 4. The molecule has 0 atom stereocenters. The van der Waals surface area contributed by atoms with Crippen LogP contribution in [0.1, 0.15) is 12.7 Å². The molecule has 0 amide bonds. The average molecular weight is 324 g/mol. The zero-order valence-corrected chi connectivity index (χ0v) is 12.9. The maximum Gasteiger partial charge on any atom is 0.159 e. The number of aryl methyl sites for hydroxylation is 1. The van der Waals surface area contributed by atoms with Crippen LogP contribution in [0.2, 0.25) is 0 Å². The Morgan fingerprint density at radius 3 is 2.62 bits per heavy atom. The molecule has 0 radical (unpaired) electrons. The van der Waals surface area contributed by atoms with E-state index >= 15 is 0 Å². The molecular formula is C18H14F2N4. The summed E-state index contributed by atoms with van der Waals surface area (Å²) in [6.07, 6.45) is 2.46. The third-order valence-electron chi connectivity index (χ3n) is 4.01. The van der Waals surface area contributed by atoms with Gasteiger partial charge in [0.1, 0.15) is 5.82 Å². The molecular weight excluding hydrogens is 310 g/mol. The average Bonchev–Trinajstić information content (AvgIpc) is 3.22. The maximum absolute atomic E-state index is 13.6. The van der Waals surface area contributed by atoms with Crippen LogP contribution in [0.4, 0.5) is 8.78 Å². The number of rotatable bonds is 3. The Labute approximate surface area is 136 Å². The van der Waals surface area contributed by atoms with Crippen LogP contribution in [-0.2, 0) is 6.42 Å². The fraction of sp³-hybridized carbons (Fsp3) is 0.111. The van der Waals surface area contributed by atoms with Crippen molar-refractivity contribution in [2.24, 2.45) is 0 Å². The minimum Gasteiger partial charge on any atom is -0.341 e. The first-order valence-electron chi connectivity index (χ1n) is 7.63. The van der Waals surface area contributed by atoms with Crippen molar-refractivity contribution >= 4 is 10.9 Å². The normalized spacial score (nSPS) is 11.3. The molecule has 0 aliphatic heterocycles. The van der Waals surface area contributed by atoms with E-state index in [1.54, 1.807) is 6.20 Å². The van der Waals surface area contributed by atoms with Crippen LogP contribution in [0.5, 0.6) is 0 Å². The summed E-state index contributed by atoms with van der Waals surface area (Å²) in [6.45, 7) is 1.98. The Morgan fingerprint density at radius 2 is 1.83 bits per heavy atom. The molecule has 0 saturated heterocycles. The zero-order chi connectivity index (χ0) is 16.7. The second kappa shape index (κ2) is 5.56. The monoisotopic (exact) mass is 324 g/mol. The molecule has 0 bridgehead atoms. The van der Waals surface area contributed by atoms with Gasteiger partial charge in [-0.1, -0.05) is 13.0 Å². The second-order valence-electron chi connectivity index (χ2n) is 5.56. The number of benzene rings is 2. The van der Waals surface area contributed by atoms with Gasteiger partial charge in [0.05, 0.1) is 23.1 Å². The summed E-state index contributed by atoms with van der Waals surface area (Å²) >= 11 is 0. The van der Waals surface area contributed by atoms with E-state index in [9.17, 15) is 8.78 Å². The van der Waals surface area contributed by atoms with E-state index in [1.165, 1.54) is 12.1 Å². The van der Waals surface area contributed by atoms with E-state index in [2.05, 4.69) is 20.2 Å². The van der Waals surface area contributed by atoms with Crippen molar-refractivity contribution in [2.45, 2.75) is 13.3 Å². The number of imidazole rings is 1. The Bertz CT molecular complexity index is 1030. The Hall–Kier alpha value is -3.02. The molecule has 0 fully saturated rings. The fourth-order valence-corrected chi connectivity index (χ4v) is 2.75. The van der Waals surface area contributed by atoms with Crippen molar-refractivity contribution in [3.8, 4) is 22.5 Å². The molecule has 0 unspecified atom stereocenters. The van der Waals surface area contributed by atoms with E-state index in [4.69, 9.17) is 0 Å². The van der Waals surface area contributed by atoms with Gasteiger partial charge in [0, 0.05) is 22.9 Å². The van der Waals surface area contributed by atoms with Gasteiger partial charge in [-0.05, 0) is 30.3 Å². The molecule has 4 aromatic rings. The highest BCUT2D eigenvalue weighted by atomic mass is 19.2. The molecule has 24 heavy (non-hydrogen) atoms. The summed E-state index contributed by atoms with van der Waals surface area (Å²) in [5.74, 6) is -0.965. The number of hydrogen-bond donors (Lipinski definition) is 2. The lowest BCUT2D eigenvalue weighted by Gasteiger charge is -2.04. The lowest BCUT2D eigenvalue weighted by atomic mass is 10.0. The largest absolute Gasteiger partial charge is 0.341 e. The van der Waals surface area contributed by atoms with E-state index in [-0.39, 0.29) is 0 Å². The molecule has 120 valence electrons. The first-order valence-corrected chi connectivity index (χ1v) is 7.63. The smallest absolute Gasteiger partial charge is 0.159 e. The minimum atomic E-state index is -0.884. The molecule has 2 aromatic carbocycles. The van der Waals surface area contributed by atoms with Crippen LogP contribution >= 0.6 is 0 Å². The van der Waals surface area contributed by atoms with Crippen molar-refractivity contribution in [3.63, 3.8) is 0 Å². The molecule has 0 spiro atoms. The summed E-state index contributed by atoms with van der Waals surface area (Å²) < 4.78 is 26.9. The number of nitrogens with one attached hydrogen (secondary N) is 2. The molecule has 0 aliphatic carbocycles. The predicted octanol–water partition coefficient (Wildman–Crippen LogP) is 4.46. The molecule has 6 heteroatoms. The van der Waals surface area contributed by atoms with E-state index < -0.39 is 11.6 Å². The van der Waals surface area contributed by atoms with Crippen LogP contribution in [-0.4, -0.2) is 20.2 Å². The van der Waals surface area contributed by atoms with Gasteiger partial charge in [-0.3, -0.25) is 5.10 Å². The number of halogens is 2. The lowest BCUT2D eigenvalue weighted by molar-refractivity contribution is 0.509. The highest BCUT2D eigenvalue weighted by molar-refractivity contribution is 5.87. The Kier molecular flexibility index (Phi) is 3.37. The summed E-state index contributed by atoms with van der Waals surface area (Å²) in [7, 11) is 0. The van der Waals surface area contributed by atoms with Gasteiger partial charge < -0.3 is 4.98 Å². The Morgan fingerprint density at radius 1 is 1.00 bits per heavy atom. The van der Waals surface area contributed by atoms with Crippen molar-refractivity contribution in [3.05, 3.63) is 60.1 Å². The van der Waals surface area contributed by atoms with Crippen LogP contribution in [0, 0.1) is 11.6 Å². The number of fused-ring (bicyclic) bond motifs is 1. The van der Waals surface area contributed by atoms with E-state index in [1.807, 2.05) is 25.1 Å². The summed E-state index contributed by atoms with van der Waals surface area (Å²) in [4.78, 5) is 7.82. The molecule has 2 heterocycles. The zero-order valence-electron chi connectivity index (χ0n) is 12.9. The molecule has 4 rings (SSSR count). The number of nitrogens with zero attached hydrogens (tertiary/aromatic N) is 2. The fourth-order valence-electron chi connectivity index (χ4n) is 2.75. The minimum absolute atomic E-state index is 0.534. The van der Waals surface area contributed by atoms with Crippen LogP contribution in [0.3, 0.4) is 0 Å². The van der Waals surface area contributed by atoms with Gasteiger partial charge in [0.15, 0.2) is 11.6 Å². The predicted molar refractivity (Wildman–Crippen MR) is 88.4 cm³/mol. The third-order valence-corrected chi connectivity index (χ3v) is 4.01. The molecule has 2 aromatic heterocycles. The number of hydrogen-bond acceptors (Lipinski definition) is 2. The second-order valence-corrected chi connectivity index (χ2v) is 5.56. The van der Waals surface area contributed by atoms with Crippen LogP contribution < -0.4 is 0 Å². The van der Waals surface area contributed by atoms with E-state index in [0.29, 0.717) is 17.7 Å². The molecule has 0 aliphatic rings. The van der Waals surface area contributed by atoms with Crippen molar-refractivity contribution in [1.29, 1.82) is 0 Å².